The number of esters is 1. The van der Waals surface area contributed by atoms with Crippen LogP contribution in [0.4, 0.5) is 5.82 Å². The first-order valence-corrected chi connectivity index (χ1v) is 10.3. The summed E-state index contributed by atoms with van der Waals surface area (Å²) in [6.07, 6.45) is 1.82. The van der Waals surface area contributed by atoms with E-state index in [4.69, 9.17) is 27.9 Å². The van der Waals surface area contributed by atoms with Crippen molar-refractivity contribution in [1.29, 1.82) is 0 Å². The number of hydrogen-bond donors (Lipinski definition) is 3. The Balaban J connectivity index is 0.00000272. The first-order chi connectivity index (χ1) is 14.5. The molecule has 2 heterocycles. The Morgan fingerprint density at radius 3 is 2.71 bits per heavy atom. The largest absolute Gasteiger partial charge is 0.465 e. The van der Waals surface area contributed by atoms with Crippen LogP contribution in [0, 0.1) is 5.92 Å². The monoisotopic (exact) mass is 482 g/mol. The summed E-state index contributed by atoms with van der Waals surface area (Å²) in [6.45, 7) is 1.60. The second-order valence-corrected chi connectivity index (χ2v) is 7.98. The fourth-order valence-electron chi connectivity index (χ4n) is 3.61. The van der Waals surface area contributed by atoms with E-state index in [-0.39, 0.29) is 34.8 Å². The second-order valence-electron chi connectivity index (χ2n) is 7.17. The molecule has 1 aliphatic heterocycles. The number of nitrogens with zero attached hydrogens (tertiary/aromatic N) is 1. The zero-order valence-electron chi connectivity index (χ0n) is 16.6. The number of aromatic nitrogens is 2. The molecule has 10 heteroatoms. The van der Waals surface area contributed by atoms with Crippen molar-refractivity contribution in [2.45, 2.75) is 12.8 Å². The van der Waals surface area contributed by atoms with Gasteiger partial charge in [0.25, 0.3) is 0 Å². The number of H-pyrrole nitrogens is 1. The zero-order chi connectivity index (χ0) is 21.3. The van der Waals surface area contributed by atoms with Crippen LogP contribution in [0.15, 0.2) is 30.3 Å². The topological polar surface area (TPSA) is 96.1 Å². The van der Waals surface area contributed by atoms with Crippen molar-refractivity contribution in [3.8, 4) is 11.1 Å². The summed E-state index contributed by atoms with van der Waals surface area (Å²) >= 11 is 12.5. The number of carbonyl (C=O) groups excluding carboxylic acids is 2. The number of hydrogen-bond acceptors (Lipinski definition) is 5. The highest BCUT2D eigenvalue weighted by Gasteiger charge is 2.22. The molecule has 0 unspecified atom stereocenters. The van der Waals surface area contributed by atoms with Crippen molar-refractivity contribution in [2.24, 2.45) is 5.92 Å². The van der Waals surface area contributed by atoms with Gasteiger partial charge in [0.1, 0.15) is 0 Å². The molecule has 1 amide bonds. The first kappa shape index (κ1) is 23.3. The number of piperidine rings is 1. The Labute approximate surface area is 195 Å². The zero-order valence-corrected chi connectivity index (χ0v) is 19.0. The predicted octanol–water partition coefficient (Wildman–Crippen LogP) is 4.68. The number of carbonyl (C=O) groups is 2. The lowest BCUT2D eigenvalue weighted by molar-refractivity contribution is -0.120. The minimum atomic E-state index is -0.545. The van der Waals surface area contributed by atoms with Gasteiger partial charge in [0.2, 0.25) is 5.91 Å². The molecule has 0 saturated carbocycles. The lowest BCUT2D eigenvalue weighted by Gasteiger charge is -2.21. The van der Waals surface area contributed by atoms with Crippen molar-refractivity contribution < 1.29 is 14.3 Å². The number of rotatable bonds is 4. The van der Waals surface area contributed by atoms with E-state index in [2.05, 4.69) is 20.8 Å². The minimum absolute atomic E-state index is 0. The third-order valence-electron chi connectivity index (χ3n) is 5.25. The SMILES string of the molecule is COC(=O)c1cc(-c2ccc3[nH]nc(NC(=O)[C@@H]4CCCNC4)c3c2)c(Cl)cc1Cl.Cl. The smallest absolute Gasteiger partial charge is 0.339 e. The number of anilines is 1. The van der Waals surface area contributed by atoms with Gasteiger partial charge >= 0.3 is 5.97 Å². The first-order valence-electron chi connectivity index (χ1n) is 9.55. The van der Waals surface area contributed by atoms with Crippen LogP contribution in [-0.2, 0) is 9.53 Å². The number of ether oxygens (including phenoxy) is 1. The Morgan fingerprint density at radius 1 is 1.19 bits per heavy atom. The van der Waals surface area contributed by atoms with Gasteiger partial charge in [-0.05, 0) is 49.2 Å². The van der Waals surface area contributed by atoms with Crippen LogP contribution in [0.25, 0.3) is 22.0 Å². The van der Waals surface area contributed by atoms with Gasteiger partial charge in [-0.2, -0.15) is 5.10 Å². The summed E-state index contributed by atoms with van der Waals surface area (Å²) in [7, 11) is 1.29. The maximum atomic E-state index is 12.6. The van der Waals surface area contributed by atoms with Crippen LogP contribution in [0.2, 0.25) is 10.0 Å². The molecule has 0 radical (unpaired) electrons. The number of amides is 1. The van der Waals surface area contributed by atoms with Crippen LogP contribution in [0.3, 0.4) is 0 Å². The fraction of sp³-hybridized carbons (Fsp3) is 0.286. The van der Waals surface area contributed by atoms with Gasteiger partial charge in [-0.15, -0.1) is 12.4 Å². The molecule has 164 valence electrons. The van der Waals surface area contributed by atoms with Gasteiger partial charge in [-0.1, -0.05) is 29.3 Å². The lowest BCUT2D eigenvalue weighted by atomic mass is 9.98. The van der Waals surface area contributed by atoms with Crippen molar-refractivity contribution in [1.82, 2.24) is 15.5 Å². The molecule has 1 fully saturated rings. The second kappa shape index (κ2) is 9.87. The number of halogens is 3. The van der Waals surface area contributed by atoms with Crippen LogP contribution >= 0.6 is 35.6 Å². The van der Waals surface area contributed by atoms with Gasteiger partial charge in [0.15, 0.2) is 5.82 Å². The highest BCUT2D eigenvalue weighted by atomic mass is 35.5. The molecular formula is C21H21Cl3N4O3. The maximum Gasteiger partial charge on any atom is 0.339 e. The van der Waals surface area contributed by atoms with E-state index in [0.29, 0.717) is 22.9 Å². The Hall–Kier alpha value is -2.32. The van der Waals surface area contributed by atoms with Crippen molar-refractivity contribution in [3.63, 3.8) is 0 Å². The molecular weight excluding hydrogens is 463 g/mol. The van der Waals surface area contributed by atoms with E-state index >= 15 is 0 Å². The highest BCUT2D eigenvalue weighted by molar-refractivity contribution is 6.38. The maximum absolute atomic E-state index is 12.6. The summed E-state index contributed by atoms with van der Waals surface area (Å²) in [5.41, 5.74) is 2.38. The molecule has 4 rings (SSSR count). The van der Waals surface area contributed by atoms with Crippen LogP contribution in [0.5, 0.6) is 0 Å². The van der Waals surface area contributed by atoms with E-state index in [1.54, 1.807) is 6.07 Å². The molecule has 3 aromatic rings. The summed E-state index contributed by atoms with van der Waals surface area (Å²) in [5.74, 6) is -0.224. The molecule has 0 aliphatic carbocycles. The number of aromatic amines is 1. The summed E-state index contributed by atoms with van der Waals surface area (Å²) in [5, 5.41) is 14.7. The number of methoxy groups -OCH3 is 1. The van der Waals surface area contributed by atoms with Crippen LogP contribution in [0.1, 0.15) is 23.2 Å². The standard InChI is InChI=1S/C21H20Cl2N4O3.ClH/c1-30-21(29)14-8-13(16(22)9-17(14)23)11-4-5-18-15(7-11)19(27-26-18)25-20(28)12-3-2-6-24-10-12;/h4-5,7-9,12,24H,2-3,6,10H2,1H3,(H2,25,26,27,28);1H/t12-;/m1./s1. The van der Waals surface area contributed by atoms with E-state index in [1.165, 1.54) is 13.2 Å². The van der Waals surface area contributed by atoms with Gasteiger partial charge in [0, 0.05) is 22.5 Å². The molecule has 0 bridgehead atoms. The number of fused-ring (bicyclic) bond motifs is 1. The van der Waals surface area contributed by atoms with Gasteiger partial charge < -0.3 is 15.4 Å². The molecule has 3 N–H and O–H groups in total. The number of nitrogens with one attached hydrogen (secondary N) is 3. The third-order valence-corrected chi connectivity index (χ3v) is 5.87. The van der Waals surface area contributed by atoms with E-state index in [0.717, 1.165) is 35.9 Å². The average Bonchev–Trinajstić information content (AvgIpc) is 3.16. The molecule has 1 aliphatic rings. The summed E-state index contributed by atoms with van der Waals surface area (Å²) in [4.78, 5) is 24.6. The molecule has 7 nitrogen and oxygen atoms in total. The Bertz CT molecular complexity index is 1130. The van der Waals surface area contributed by atoms with Gasteiger partial charge in [-0.3, -0.25) is 9.89 Å². The normalized spacial score (nSPS) is 15.9. The van der Waals surface area contributed by atoms with Crippen molar-refractivity contribution in [3.05, 3.63) is 45.9 Å². The molecule has 0 spiro atoms. The molecule has 31 heavy (non-hydrogen) atoms. The van der Waals surface area contributed by atoms with E-state index in [9.17, 15) is 9.59 Å². The van der Waals surface area contributed by atoms with E-state index < -0.39 is 5.97 Å². The molecule has 1 aromatic heterocycles. The third kappa shape index (κ3) is 4.80. The molecule has 1 atom stereocenters. The van der Waals surface area contributed by atoms with Crippen molar-refractivity contribution in [2.75, 3.05) is 25.5 Å². The molecule has 1 saturated heterocycles. The predicted molar refractivity (Wildman–Crippen MR) is 124 cm³/mol. The van der Waals surface area contributed by atoms with E-state index in [1.807, 2.05) is 18.2 Å². The lowest BCUT2D eigenvalue weighted by Crippen LogP contribution is -2.37. The van der Waals surface area contributed by atoms with Crippen molar-refractivity contribution >= 4 is 64.2 Å². The van der Waals surface area contributed by atoms with Crippen LogP contribution < -0.4 is 10.6 Å². The highest BCUT2D eigenvalue weighted by Crippen LogP contribution is 2.35. The Kier molecular flexibility index (Phi) is 7.43. The van der Waals surface area contributed by atoms with Gasteiger partial charge in [0.05, 0.1) is 29.1 Å². The quantitative estimate of drug-likeness (QED) is 0.468. The Morgan fingerprint density at radius 2 is 2.00 bits per heavy atom. The number of benzene rings is 2. The van der Waals surface area contributed by atoms with Gasteiger partial charge in [-0.25, -0.2) is 4.79 Å². The van der Waals surface area contributed by atoms with Crippen LogP contribution in [-0.4, -0.2) is 42.3 Å². The molecule has 2 aromatic carbocycles. The average molecular weight is 484 g/mol. The summed E-state index contributed by atoms with van der Waals surface area (Å²) < 4.78 is 4.79. The minimum Gasteiger partial charge on any atom is -0.465 e. The fourth-order valence-corrected chi connectivity index (χ4v) is 4.18. The summed E-state index contributed by atoms with van der Waals surface area (Å²) in [6, 6.07) is 8.68.